The number of amides is 1. The van der Waals surface area contributed by atoms with Gasteiger partial charge in [-0.1, -0.05) is 33.6 Å². The van der Waals surface area contributed by atoms with Crippen molar-refractivity contribution in [1.29, 1.82) is 0 Å². The van der Waals surface area contributed by atoms with Crippen LogP contribution in [0.25, 0.3) is 0 Å². The van der Waals surface area contributed by atoms with Crippen LogP contribution in [0, 0.1) is 0 Å². The zero-order chi connectivity index (χ0) is 13.7. The van der Waals surface area contributed by atoms with E-state index in [1.54, 1.807) is 0 Å². The molecule has 2 aromatic carbocycles. The quantitative estimate of drug-likeness (QED) is 0.795. The Balaban J connectivity index is 1.86. The van der Waals surface area contributed by atoms with Crippen LogP contribution in [-0.4, -0.2) is 11.7 Å². The van der Waals surface area contributed by atoms with E-state index < -0.39 is 0 Å². The van der Waals surface area contributed by atoms with Gasteiger partial charge in [-0.05, 0) is 42.5 Å². The van der Waals surface area contributed by atoms with E-state index in [-0.39, 0.29) is 5.91 Å². The average molecular weight is 357 g/mol. The number of benzene rings is 2. The first-order valence-corrected chi connectivity index (χ1v) is 7.73. The Labute approximate surface area is 129 Å². The highest BCUT2D eigenvalue weighted by molar-refractivity contribution is 9.10. The molecule has 19 heavy (non-hydrogen) atoms. The fourth-order valence-electron chi connectivity index (χ4n) is 1.44. The summed E-state index contributed by atoms with van der Waals surface area (Å²) < 4.78 is 0.940. The number of hydrogen-bond donors (Lipinski definition) is 1. The molecule has 0 aromatic heterocycles. The summed E-state index contributed by atoms with van der Waals surface area (Å²) in [4.78, 5) is 12.8. The Hall–Kier alpha value is -0.970. The van der Waals surface area contributed by atoms with Crippen LogP contribution < -0.4 is 5.32 Å². The summed E-state index contributed by atoms with van der Waals surface area (Å²) >= 11 is 10.6. The Morgan fingerprint density at radius 2 is 1.95 bits per heavy atom. The monoisotopic (exact) mass is 355 g/mol. The van der Waals surface area contributed by atoms with E-state index in [9.17, 15) is 4.79 Å². The number of rotatable bonds is 4. The van der Waals surface area contributed by atoms with Crippen molar-refractivity contribution in [2.75, 3.05) is 11.1 Å². The summed E-state index contributed by atoms with van der Waals surface area (Å²) in [5.41, 5.74) is 0.788. The van der Waals surface area contributed by atoms with Crippen LogP contribution in [0.2, 0.25) is 5.02 Å². The van der Waals surface area contributed by atoms with Crippen molar-refractivity contribution in [2.45, 2.75) is 4.90 Å². The lowest BCUT2D eigenvalue weighted by molar-refractivity contribution is -0.113. The van der Waals surface area contributed by atoms with Crippen molar-refractivity contribution in [3.8, 4) is 0 Å². The van der Waals surface area contributed by atoms with Gasteiger partial charge in [0.15, 0.2) is 0 Å². The van der Waals surface area contributed by atoms with Gasteiger partial charge in [0.25, 0.3) is 0 Å². The molecule has 1 amide bonds. The van der Waals surface area contributed by atoms with Crippen LogP contribution >= 0.6 is 39.3 Å². The maximum absolute atomic E-state index is 11.8. The molecule has 0 fully saturated rings. The molecule has 0 aliphatic rings. The summed E-state index contributed by atoms with van der Waals surface area (Å²) in [5.74, 6) is 0.340. The highest BCUT2D eigenvalue weighted by Crippen LogP contribution is 2.21. The molecule has 0 unspecified atom stereocenters. The van der Waals surface area contributed by atoms with Crippen molar-refractivity contribution in [3.05, 3.63) is 58.0 Å². The van der Waals surface area contributed by atoms with E-state index in [2.05, 4.69) is 21.2 Å². The number of carbonyl (C=O) groups excluding carboxylic acids is 1. The van der Waals surface area contributed by atoms with Crippen LogP contribution in [0.5, 0.6) is 0 Å². The fourth-order valence-corrected chi connectivity index (χ4v) is 2.67. The molecule has 0 spiro atoms. The number of halogens is 2. The topological polar surface area (TPSA) is 29.1 Å². The molecule has 0 atom stereocenters. The minimum atomic E-state index is -0.0296. The van der Waals surface area contributed by atoms with E-state index in [0.29, 0.717) is 10.8 Å². The van der Waals surface area contributed by atoms with Crippen LogP contribution in [0.15, 0.2) is 57.9 Å². The molecule has 0 aliphatic heterocycles. The van der Waals surface area contributed by atoms with Crippen LogP contribution in [-0.2, 0) is 4.79 Å². The van der Waals surface area contributed by atoms with Crippen molar-refractivity contribution in [2.24, 2.45) is 0 Å². The number of hydrogen-bond acceptors (Lipinski definition) is 2. The largest absolute Gasteiger partial charge is 0.325 e. The lowest BCUT2D eigenvalue weighted by atomic mass is 10.3. The van der Waals surface area contributed by atoms with Crippen LogP contribution in [0.3, 0.4) is 0 Å². The van der Waals surface area contributed by atoms with Crippen molar-refractivity contribution >= 4 is 50.9 Å². The van der Waals surface area contributed by atoms with Gasteiger partial charge in [-0.25, -0.2) is 0 Å². The third-order valence-electron chi connectivity index (χ3n) is 2.29. The zero-order valence-electron chi connectivity index (χ0n) is 9.90. The van der Waals surface area contributed by atoms with Crippen molar-refractivity contribution in [3.63, 3.8) is 0 Å². The number of anilines is 1. The van der Waals surface area contributed by atoms with Gasteiger partial charge in [-0.15, -0.1) is 11.8 Å². The van der Waals surface area contributed by atoms with E-state index in [0.717, 1.165) is 15.1 Å². The molecule has 98 valence electrons. The van der Waals surface area contributed by atoms with Gasteiger partial charge >= 0.3 is 0 Å². The molecule has 0 saturated heterocycles. The number of nitrogens with one attached hydrogen (secondary N) is 1. The maximum Gasteiger partial charge on any atom is 0.234 e. The molecule has 0 heterocycles. The van der Waals surface area contributed by atoms with Gasteiger partial charge in [0, 0.05) is 20.1 Å². The van der Waals surface area contributed by atoms with Gasteiger partial charge in [-0.2, -0.15) is 0 Å². The van der Waals surface area contributed by atoms with Crippen LogP contribution in [0.1, 0.15) is 0 Å². The second-order valence-electron chi connectivity index (χ2n) is 3.80. The minimum Gasteiger partial charge on any atom is -0.325 e. The molecular formula is C14H11BrClNOS. The third kappa shape index (κ3) is 4.90. The summed E-state index contributed by atoms with van der Waals surface area (Å²) in [6.45, 7) is 0. The number of carbonyl (C=O) groups is 1. The minimum absolute atomic E-state index is 0.0296. The summed E-state index contributed by atoms with van der Waals surface area (Å²) in [7, 11) is 0. The van der Waals surface area contributed by atoms with Crippen molar-refractivity contribution in [1.82, 2.24) is 0 Å². The second-order valence-corrected chi connectivity index (χ2v) is 6.20. The third-order valence-corrected chi connectivity index (χ3v) is 4.05. The first-order chi connectivity index (χ1) is 9.13. The van der Waals surface area contributed by atoms with E-state index in [4.69, 9.17) is 11.6 Å². The molecule has 0 aliphatic carbocycles. The van der Waals surface area contributed by atoms with E-state index in [1.807, 2.05) is 48.5 Å². The summed E-state index contributed by atoms with van der Waals surface area (Å²) in [5, 5.41) is 3.55. The standard InChI is InChI=1S/C14H11BrClNOS/c15-10-2-1-3-12(8-10)17-14(18)9-19-13-6-4-11(16)5-7-13/h1-8H,9H2,(H,17,18). The summed E-state index contributed by atoms with van der Waals surface area (Å²) in [6, 6.07) is 15.0. The Morgan fingerprint density at radius 3 is 2.63 bits per heavy atom. The van der Waals surface area contributed by atoms with Gasteiger partial charge < -0.3 is 5.32 Å². The molecule has 1 N–H and O–H groups in total. The zero-order valence-corrected chi connectivity index (χ0v) is 13.1. The normalized spacial score (nSPS) is 10.2. The first-order valence-electron chi connectivity index (χ1n) is 5.57. The average Bonchev–Trinajstić information content (AvgIpc) is 2.38. The fraction of sp³-hybridized carbons (Fsp3) is 0.0714. The maximum atomic E-state index is 11.8. The van der Waals surface area contributed by atoms with E-state index >= 15 is 0 Å². The summed E-state index contributed by atoms with van der Waals surface area (Å²) in [6.07, 6.45) is 0. The Morgan fingerprint density at radius 1 is 1.21 bits per heavy atom. The van der Waals surface area contributed by atoms with Gasteiger partial charge in [0.1, 0.15) is 0 Å². The molecule has 0 saturated carbocycles. The predicted octanol–water partition coefficient (Wildman–Crippen LogP) is 4.83. The SMILES string of the molecule is O=C(CSc1ccc(Cl)cc1)Nc1cccc(Br)c1. The van der Waals surface area contributed by atoms with Crippen molar-refractivity contribution < 1.29 is 4.79 Å². The lowest BCUT2D eigenvalue weighted by Gasteiger charge is -2.05. The van der Waals surface area contributed by atoms with Crippen LogP contribution in [0.4, 0.5) is 5.69 Å². The first kappa shape index (κ1) is 14.4. The highest BCUT2D eigenvalue weighted by atomic mass is 79.9. The molecule has 0 bridgehead atoms. The Kier molecular flexibility index (Phi) is 5.31. The lowest BCUT2D eigenvalue weighted by Crippen LogP contribution is -2.13. The second kappa shape index (κ2) is 6.98. The van der Waals surface area contributed by atoms with Gasteiger partial charge in [0.05, 0.1) is 5.75 Å². The molecule has 2 nitrogen and oxygen atoms in total. The molecule has 0 radical (unpaired) electrons. The molecule has 2 rings (SSSR count). The van der Waals surface area contributed by atoms with E-state index in [1.165, 1.54) is 11.8 Å². The predicted molar refractivity (Wildman–Crippen MR) is 84.9 cm³/mol. The Bertz CT molecular complexity index is 574. The molecular weight excluding hydrogens is 346 g/mol. The highest BCUT2D eigenvalue weighted by Gasteiger charge is 2.04. The van der Waals surface area contributed by atoms with Gasteiger partial charge in [0.2, 0.25) is 5.91 Å². The smallest absolute Gasteiger partial charge is 0.234 e. The molecule has 2 aromatic rings. The van der Waals surface area contributed by atoms with Gasteiger partial charge in [-0.3, -0.25) is 4.79 Å². The number of thioether (sulfide) groups is 1. The molecule has 5 heteroatoms.